The molecule has 114 valence electrons. The minimum Gasteiger partial charge on any atom is -0.478 e. The molecule has 1 atom stereocenters. The number of carboxylic acids is 1. The molecule has 2 N–H and O–H groups in total. The van der Waals surface area contributed by atoms with E-state index in [0.717, 1.165) is 11.6 Å². The van der Waals surface area contributed by atoms with E-state index in [1.807, 2.05) is 0 Å². The first-order valence-electron chi connectivity index (χ1n) is 6.16. The highest BCUT2D eigenvalue weighted by Gasteiger charge is 2.48. The van der Waals surface area contributed by atoms with Crippen LogP contribution < -0.4 is 4.74 Å². The third-order valence-electron chi connectivity index (χ3n) is 3.09. The Morgan fingerprint density at radius 2 is 2.05 bits per heavy atom. The Balaban J connectivity index is 2.60. The zero-order chi connectivity index (χ0) is 15.8. The molecule has 1 unspecified atom stereocenters. The van der Waals surface area contributed by atoms with Crippen molar-refractivity contribution in [3.05, 3.63) is 34.4 Å². The molecule has 0 aromatic heterocycles. The van der Waals surface area contributed by atoms with E-state index >= 15 is 0 Å². The number of alkyl halides is 3. The Bertz CT molecular complexity index is 605. The van der Waals surface area contributed by atoms with Crippen molar-refractivity contribution < 1.29 is 32.9 Å². The standard InChI is InChI=1S/C14H13F3O4/c1-7-4-8(2-3-18)11-9(5-7)6-10(13(19)20)12(21-11)14(15,16)17/h4-6,12,18H,2-3H2,1H3,(H,19,20). The van der Waals surface area contributed by atoms with Crippen molar-refractivity contribution in [1.82, 2.24) is 0 Å². The van der Waals surface area contributed by atoms with E-state index in [0.29, 0.717) is 5.56 Å². The first-order chi connectivity index (χ1) is 9.74. The average Bonchev–Trinajstić information content (AvgIpc) is 2.36. The molecule has 0 saturated carbocycles. The van der Waals surface area contributed by atoms with Crippen molar-refractivity contribution >= 4 is 12.0 Å². The number of benzene rings is 1. The van der Waals surface area contributed by atoms with Crippen LogP contribution in [0.2, 0.25) is 0 Å². The maximum atomic E-state index is 13.0. The van der Waals surface area contributed by atoms with Gasteiger partial charge >= 0.3 is 12.1 Å². The van der Waals surface area contributed by atoms with Gasteiger partial charge < -0.3 is 14.9 Å². The van der Waals surface area contributed by atoms with Gasteiger partial charge in [0.25, 0.3) is 0 Å². The second-order valence-electron chi connectivity index (χ2n) is 4.76. The topological polar surface area (TPSA) is 66.8 Å². The number of hydrogen-bond donors (Lipinski definition) is 2. The van der Waals surface area contributed by atoms with E-state index in [1.165, 1.54) is 0 Å². The lowest BCUT2D eigenvalue weighted by molar-refractivity contribution is -0.187. The van der Waals surface area contributed by atoms with E-state index in [4.69, 9.17) is 14.9 Å². The molecule has 1 aliphatic heterocycles. The van der Waals surface area contributed by atoms with Gasteiger partial charge in [-0.05, 0) is 36.6 Å². The van der Waals surface area contributed by atoms with Crippen LogP contribution in [-0.4, -0.2) is 35.1 Å². The van der Waals surface area contributed by atoms with Crippen LogP contribution >= 0.6 is 0 Å². The number of carbonyl (C=O) groups is 1. The summed E-state index contributed by atoms with van der Waals surface area (Å²) in [6.07, 6.45) is -6.23. The lowest BCUT2D eigenvalue weighted by Gasteiger charge is -2.28. The highest BCUT2D eigenvalue weighted by molar-refractivity contribution is 5.95. The summed E-state index contributed by atoms with van der Waals surface area (Å²) >= 11 is 0. The second-order valence-corrected chi connectivity index (χ2v) is 4.76. The summed E-state index contributed by atoms with van der Waals surface area (Å²) in [5.41, 5.74) is 0.585. The molecule has 1 aliphatic rings. The minimum absolute atomic E-state index is 0.0259. The van der Waals surface area contributed by atoms with Crippen molar-refractivity contribution in [3.8, 4) is 5.75 Å². The monoisotopic (exact) mass is 302 g/mol. The summed E-state index contributed by atoms with van der Waals surface area (Å²) in [4.78, 5) is 11.0. The van der Waals surface area contributed by atoms with Crippen LogP contribution in [0.25, 0.3) is 6.08 Å². The number of rotatable bonds is 3. The Labute approximate surface area is 118 Å². The fraction of sp³-hybridized carbons (Fsp3) is 0.357. The summed E-state index contributed by atoms with van der Waals surface area (Å²) < 4.78 is 43.8. The van der Waals surface area contributed by atoms with Crippen molar-refractivity contribution in [2.45, 2.75) is 25.6 Å². The number of aliphatic hydroxyl groups is 1. The van der Waals surface area contributed by atoms with Gasteiger partial charge in [-0.2, -0.15) is 13.2 Å². The largest absolute Gasteiger partial charge is 0.478 e. The van der Waals surface area contributed by atoms with E-state index < -0.39 is 23.8 Å². The van der Waals surface area contributed by atoms with Crippen LogP contribution in [0.3, 0.4) is 0 Å². The highest BCUT2D eigenvalue weighted by Crippen LogP contribution is 2.39. The van der Waals surface area contributed by atoms with Crippen LogP contribution in [0.15, 0.2) is 17.7 Å². The lowest BCUT2D eigenvalue weighted by Crippen LogP contribution is -2.40. The van der Waals surface area contributed by atoms with Gasteiger partial charge in [-0.3, -0.25) is 0 Å². The molecule has 1 aromatic carbocycles. The molecule has 4 nitrogen and oxygen atoms in total. The van der Waals surface area contributed by atoms with Crippen molar-refractivity contribution in [3.63, 3.8) is 0 Å². The van der Waals surface area contributed by atoms with Crippen molar-refractivity contribution in [2.75, 3.05) is 6.61 Å². The van der Waals surface area contributed by atoms with Gasteiger partial charge in [0.2, 0.25) is 6.10 Å². The van der Waals surface area contributed by atoms with E-state index in [1.54, 1.807) is 19.1 Å². The van der Waals surface area contributed by atoms with Gasteiger partial charge in [-0.1, -0.05) is 6.07 Å². The van der Waals surface area contributed by atoms with Crippen LogP contribution in [-0.2, 0) is 11.2 Å². The number of aliphatic hydroxyl groups excluding tert-OH is 1. The molecule has 21 heavy (non-hydrogen) atoms. The molecule has 0 fully saturated rings. The smallest absolute Gasteiger partial charge is 0.430 e. The molecule has 0 spiro atoms. The Hall–Kier alpha value is -2.02. The predicted molar refractivity (Wildman–Crippen MR) is 68.1 cm³/mol. The summed E-state index contributed by atoms with van der Waals surface area (Å²) in [7, 11) is 0. The number of hydrogen-bond acceptors (Lipinski definition) is 3. The fourth-order valence-electron chi connectivity index (χ4n) is 2.28. The molecule has 7 heteroatoms. The number of carboxylic acid groups (broad SMARTS) is 1. The van der Waals surface area contributed by atoms with E-state index in [-0.39, 0.29) is 24.3 Å². The molecular formula is C14H13F3O4. The summed E-state index contributed by atoms with van der Waals surface area (Å²) in [6, 6.07) is 3.16. The van der Waals surface area contributed by atoms with Gasteiger partial charge in [0.15, 0.2) is 0 Å². The second kappa shape index (κ2) is 5.40. The van der Waals surface area contributed by atoms with Gasteiger partial charge in [0.05, 0.1) is 5.57 Å². The predicted octanol–water partition coefficient (Wildman–Crippen LogP) is 2.32. The molecule has 0 aliphatic carbocycles. The normalized spacial score (nSPS) is 17.8. The van der Waals surface area contributed by atoms with E-state index in [9.17, 15) is 18.0 Å². The number of halogens is 3. The number of aryl methyl sites for hydroxylation is 1. The Morgan fingerprint density at radius 1 is 1.38 bits per heavy atom. The van der Waals surface area contributed by atoms with Gasteiger partial charge in [0, 0.05) is 12.2 Å². The van der Waals surface area contributed by atoms with Crippen molar-refractivity contribution in [1.29, 1.82) is 0 Å². The molecule has 1 heterocycles. The zero-order valence-corrected chi connectivity index (χ0v) is 11.1. The number of ether oxygens (including phenoxy) is 1. The third-order valence-corrected chi connectivity index (χ3v) is 3.09. The molecular weight excluding hydrogens is 289 g/mol. The fourth-order valence-corrected chi connectivity index (χ4v) is 2.28. The van der Waals surface area contributed by atoms with E-state index in [2.05, 4.69) is 0 Å². The van der Waals surface area contributed by atoms with Crippen LogP contribution in [0.1, 0.15) is 16.7 Å². The van der Waals surface area contributed by atoms with Crippen LogP contribution in [0.4, 0.5) is 13.2 Å². The SMILES string of the molecule is Cc1cc2c(c(CCO)c1)OC(C(F)(F)F)C(C(=O)O)=C2. The molecule has 0 radical (unpaired) electrons. The Kier molecular flexibility index (Phi) is 3.95. The molecule has 0 amide bonds. The summed E-state index contributed by atoms with van der Waals surface area (Å²) in [5.74, 6) is -1.70. The van der Waals surface area contributed by atoms with Gasteiger partial charge in [0.1, 0.15) is 5.75 Å². The Morgan fingerprint density at radius 3 is 2.57 bits per heavy atom. The number of aliphatic carboxylic acids is 1. The first-order valence-corrected chi connectivity index (χ1v) is 6.16. The first kappa shape index (κ1) is 15.4. The van der Waals surface area contributed by atoms with Crippen molar-refractivity contribution in [2.24, 2.45) is 0 Å². The maximum Gasteiger partial charge on any atom is 0.430 e. The average molecular weight is 302 g/mol. The summed E-state index contributed by atoms with van der Waals surface area (Å²) in [6.45, 7) is 1.48. The van der Waals surface area contributed by atoms with Crippen LogP contribution in [0, 0.1) is 6.92 Å². The zero-order valence-electron chi connectivity index (χ0n) is 11.1. The molecule has 0 saturated heterocycles. The molecule has 1 aromatic rings. The highest BCUT2D eigenvalue weighted by atomic mass is 19.4. The maximum absolute atomic E-state index is 13.0. The molecule has 2 rings (SSSR count). The van der Waals surface area contributed by atoms with Crippen LogP contribution in [0.5, 0.6) is 5.75 Å². The van der Waals surface area contributed by atoms with Gasteiger partial charge in [-0.15, -0.1) is 0 Å². The third kappa shape index (κ3) is 3.02. The lowest BCUT2D eigenvalue weighted by atomic mass is 9.96. The quantitative estimate of drug-likeness (QED) is 0.899. The minimum atomic E-state index is -4.83. The van der Waals surface area contributed by atoms with Gasteiger partial charge in [-0.25, -0.2) is 4.79 Å². The molecule has 0 bridgehead atoms. The summed E-state index contributed by atoms with van der Waals surface area (Å²) in [5, 5.41) is 17.9. The number of fused-ring (bicyclic) bond motifs is 1.